The lowest BCUT2D eigenvalue weighted by molar-refractivity contribution is -0.338. The van der Waals surface area contributed by atoms with Gasteiger partial charge in [0.1, 0.15) is 0 Å². The molecule has 1 N–H and O–H groups in total. The minimum Gasteiger partial charge on any atom is -0.369 e. The highest BCUT2D eigenvalue weighted by atomic mass is 35.5. The zero-order chi connectivity index (χ0) is 25.6. The van der Waals surface area contributed by atoms with Crippen LogP contribution in [0, 0.1) is 0 Å². The standard InChI is InChI=1S/C24H16Cl2F6N2O/c25-17-5-3-4-16(12-17)14-8-10-15(11-9-14)20-13-21(22(35,23(27,28)29)24(30,31)32)33-34(20)19-7-2-1-6-18(19)26/h1-12,20,35H,13H2. The highest BCUT2D eigenvalue weighted by Gasteiger charge is 2.74. The third kappa shape index (κ3) is 4.60. The molecule has 0 bridgehead atoms. The lowest BCUT2D eigenvalue weighted by atomic mass is 9.89. The van der Waals surface area contributed by atoms with E-state index in [2.05, 4.69) is 5.10 Å². The summed E-state index contributed by atoms with van der Waals surface area (Å²) in [6.45, 7) is 0. The molecule has 0 radical (unpaired) electrons. The summed E-state index contributed by atoms with van der Waals surface area (Å²) in [5.41, 5.74) is -4.60. The third-order valence-electron chi connectivity index (χ3n) is 5.70. The number of hydrazone groups is 1. The molecule has 0 fully saturated rings. The Bertz CT molecular complexity index is 1240. The van der Waals surface area contributed by atoms with Gasteiger partial charge in [-0.05, 0) is 41.0 Å². The van der Waals surface area contributed by atoms with E-state index in [9.17, 15) is 31.4 Å². The van der Waals surface area contributed by atoms with Crippen LogP contribution in [-0.2, 0) is 0 Å². The van der Waals surface area contributed by atoms with Crippen LogP contribution in [-0.4, -0.2) is 28.8 Å². The van der Waals surface area contributed by atoms with Crippen LogP contribution in [0.15, 0.2) is 77.9 Å². The number of anilines is 1. The van der Waals surface area contributed by atoms with Gasteiger partial charge in [-0.2, -0.15) is 31.4 Å². The maximum absolute atomic E-state index is 13.6. The van der Waals surface area contributed by atoms with E-state index >= 15 is 0 Å². The summed E-state index contributed by atoms with van der Waals surface area (Å²) in [5.74, 6) is 0. The molecule has 0 amide bonds. The number of rotatable bonds is 4. The number of halogens is 8. The lowest BCUT2D eigenvalue weighted by Gasteiger charge is -2.32. The second-order valence-corrected chi connectivity index (χ2v) is 8.74. The first-order valence-electron chi connectivity index (χ1n) is 10.2. The van der Waals surface area contributed by atoms with Crippen LogP contribution in [0.3, 0.4) is 0 Å². The molecule has 3 nitrogen and oxygen atoms in total. The molecule has 0 saturated carbocycles. The first kappa shape index (κ1) is 25.3. The van der Waals surface area contributed by atoms with Crippen molar-refractivity contribution in [2.45, 2.75) is 30.4 Å². The Morgan fingerprint density at radius 3 is 2.00 bits per heavy atom. The minimum atomic E-state index is -6.04. The molecule has 184 valence electrons. The maximum Gasteiger partial charge on any atom is 0.431 e. The fraction of sp³-hybridized carbons (Fsp3) is 0.208. The Morgan fingerprint density at radius 2 is 1.43 bits per heavy atom. The summed E-state index contributed by atoms with van der Waals surface area (Å²) < 4.78 is 81.3. The maximum atomic E-state index is 13.6. The van der Waals surface area contributed by atoms with E-state index in [-0.39, 0.29) is 10.7 Å². The molecule has 0 saturated heterocycles. The number of hydrogen-bond donors (Lipinski definition) is 1. The Balaban J connectivity index is 1.79. The van der Waals surface area contributed by atoms with Gasteiger partial charge in [0.25, 0.3) is 5.60 Å². The quantitative estimate of drug-likeness (QED) is 0.347. The molecule has 3 aromatic carbocycles. The van der Waals surface area contributed by atoms with Crippen molar-refractivity contribution in [2.24, 2.45) is 5.10 Å². The smallest absolute Gasteiger partial charge is 0.369 e. The van der Waals surface area contributed by atoms with Gasteiger partial charge in [-0.3, -0.25) is 5.01 Å². The van der Waals surface area contributed by atoms with E-state index in [1.54, 1.807) is 54.6 Å². The molecule has 11 heteroatoms. The SMILES string of the molecule is OC(C1=NN(c2ccccc2Cl)C(c2ccc(-c3cccc(Cl)c3)cc2)C1)(C(F)(F)F)C(F)(F)F. The van der Waals surface area contributed by atoms with Crippen molar-refractivity contribution in [1.82, 2.24) is 0 Å². The van der Waals surface area contributed by atoms with Crippen LogP contribution in [0.5, 0.6) is 0 Å². The summed E-state index contributed by atoms with van der Waals surface area (Å²) in [6, 6.07) is 18.3. The predicted molar refractivity (Wildman–Crippen MR) is 123 cm³/mol. The van der Waals surface area contributed by atoms with E-state index in [0.717, 1.165) is 16.1 Å². The number of aliphatic hydroxyl groups is 1. The third-order valence-corrected chi connectivity index (χ3v) is 6.26. The topological polar surface area (TPSA) is 35.8 Å². The second-order valence-electron chi connectivity index (χ2n) is 7.90. The van der Waals surface area contributed by atoms with Crippen molar-refractivity contribution in [3.8, 4) is 11.1 Å². The number of benzene rings is 3. The Labute approximate surface area is 206 Å². The van der Waals surface area contributed by atoms with Crippen molar-refractivity contribution < 1.29 is 31.4 Å². The molecule has 1 heterocycles. The fourth-order valence-corrected chi connectivity index (χ4v) is 4.31. The summed E-state index contributed by atoms with van der Waals surface area (Å²) in [5, 5.41) is 15.1. The highest BCUT2D eigenvalue weighted by molar-refractivity contribution is 6.33. The second kappa shape index (κ2) is 9.04. The monoisotopic (exact) mass is 532 g/mol. The van der Waals surface area contributed by atoms with Crippen LogP contribution < -0.4 is 5.01 Å². The first-order valence-corrected chi connectivity index (χ1v) is 10.9. The molecule has 0 spiro atoms. The molecule has 1 aliphatic heterocycles. The molecular formula is C24H16Cl2F6N2O. The average molecular weight is 533 g/mol. The predicted octanol–water partition coefficient (Wildman–Crippen LogP) is 7.82. The number of alkyl halides is 6. The summed E-state index contributed by atoms with van der Waals surface area (Å²) >= 11 is 12.2. The van der Waals surface area contributed by atoms with Gasteiger partial charge >= 0.3 is 12.4 Å². The molecule has 1 atom stereocenters. The lowest BCUT2D eigenvalue weighted by Crippen LogP contribution is -2.62. The van der Waals surface area contributed by atoms with E-state index in [1.807, 2.05) is 0 Å². The van der Waals surface area contributed by atoms with Gasteiger partial charge in [0.15, 0.2) is 0 Å². The molecule has 0 aliphatic carbocycles. The Morgan fingerprint density at radius 1 is 0.800 bits per heavy atom. The molecular weight excluding hydrogens is 517 g/mol. The van der Waals surface area contributed by atoms with Crippen LogP contribution in [0.4, 0.5) is 32.0 Å². The van der Waals surface area contributed by atoms with Gasteiger partial charge < -0.3 is 5.11 Å². The number of para-hydroxylation sites is 1. The van der Waals surface area contributed by atoms with Gasteiger partial charge in [0.05, 0.1) is 22.5 Å². The summed E-state index contributed by atoms with van der Waals surface area (Å²) in [7, 11) is 0. The number of hydrogen-bond acceptors (Lipinski definition) is 3. The van der Waals surface area contributed by atoms with Gasteiger partial charge in [-0.1, -0.05) is 71.7 Å². The molecule has 35 heavy (non-hydrogen) atoms. The molecule has 4 rings (SSSR count). The largest absolute Gasteiger partial charge is 0.431 e. The van der Waals surface area contributed by atoms with E-state index in [0.29, 0.717) is 10.6 Å². The Hall–Kier alpha value is -2.75. The average Bonchev–Trinajstić information content (AvgIpc) is 3.23. The van der Waals surface area contributed by atoms with Gasteiger partial charge in [0.2, 0.25) is 0 Å². The number of nitrogens with zero attached hydrogens (tertiary/aromatic N) is 2. The first-order chi connectivity index (χ1) is 16.3. The van der Waals surface area contributed by atoms with Crippen molar-refractivity contribution >= 4 is 34.6 Å². The van der Waals surface area contributed by atoms with E-state index in [1.165, 1.54) is 18.2 Å². The van der Waals surface area contributed by atoms with Gasteiger partial charge in [-0.25, -0.2) is 0 Å². The van der Waals surface area contributed by atoms with Crippen LogP contribution >= 0.6 is 23.2 Å². The van der Waals surface area contributed by atoms with Crippen LogP contribution in [0.1, 0.15) is 18.0 Å². The van der Waals surface area contributed by atoms with Crippen molar-refractivity contribution in [3.63, 3.8) is 0 Å². The fourth-order valence-electron chi connectivity index (χ4n) is 3.90. The van der Waals surface area contributed by atoms with Crippen molar-refractivity contribution in [3.05, 3.63) is 88.4 Å². The zero-order valence-electron chi connectivity index (χ0n) is 17.6. The zero-order valence-corrected chi connectivity index (χ0v) is 19.1. The van der Waals surface area contributed by atoms with Crippen molar-refractivity contribution in [2.75, 3.05) is 5.01 Å². The highest BCUT2D eigenvalue weighted by Crippen LogP contribution is 2.49. The normalized spacial score (nSPS) is 17.0. The van der Waals surface area contributed by atoms with E-state index < -0.39 is 36.1 Å². The molecule has 3 aromatic rings. The van der Waals surface area contributed by atoms with Gasteiger partial charge in [-0.15, -0.1) is 0 Å². The van der Waals surface area contributed by atoms with Crippen LogP contribution in [0.2, 0.25) is 10.0 Å². The molecule has 1 aliphatic rings. The summed E-state index contributed by atoms with van der Waals surface area (Å²) in [4.78, 5) is 0. The van der Waals surface area contributed by atoms with Crippen molar-refractivity contribution in [1.29, 1.82) is 0 Å². The molecule has 1 unspecified atom stereocenters. The van der Waals surface area contributed by atoms with Gasteiger partial charge in [0, 0.05) is 11.4 Å². The van der Waals surface area contributed by atoms with Crippen LogP contribution in [0.25, 0.3) is 11.1 Å². The van der Waals surface area contributed by atoms with E-state index in [4.69, 9.17) is 23.2 Å². The molecule has 0 aromatic heterocycles. The Kier molecular flexibility index (Phi) is 6.54. The summed E-state index contributed by atoms with van der Waals surface area (Å²) in [6.07, 6.45) is -12.9. The minimum absolute atomic E-state index is 0.0700.